The fourth-order valence-electron chi connectivity index (χ4n) is 5.51. The van der Waals surface area contributed by atoms with Gasteiger partial charge in [0.2, 0.25) is 0 Å². The van der Waals surface area contributed by atoms with Gasteiger partial charge in [0, 0.05) is 12.6 Å². The van der Waals surface area contributed by atoms with E-state index < -0.39 is 0 Å². The Hall–Kier alpha value is -3.80. The molecule has 6 nitrogen and oxygen atoms in total. The Labute approximate surface area is 199 Å². The third kappa shape index (κ3) is 3.89. The molecule has 0 spiro atoms. The Balaban J connectivity index is 1.24. The number of hydrogen-bond donors (Lipinski definition) is 2. The third-order valence-corrected chi connectivity index (χ3v) is 7.12. The van der Waals surface area contributed by atoms with Crippen LogP contribution in [0, 0.1) is 5.92 Å². The number of urea groups is 1. The molecule has 0 unspecified atom stereocenters. The number of amides is 2. The number of hydrogen-bond acceptors (Lipinski definition) is 3. The first kappa shape index (κ1) is 20.8. The number of ether oxygens (including phenoxy) is 1. The van der Waals surface area contributed by atoms with Crippen molar-refractivity contribution in [2.24, 2.45) is 5.92 Å². The molecule has 172 valence electrons. The maximum Gasteiger partial charge on any atom is 0.318 e. The van der Waals surface area contributed by atoms with Gasteiger partial charge in [-0.3, -0.25) is 0 Å². The van der Waals surface area contributed by atoms with Gasteiger partial charge < -0.3 is 19.9 Å². The number of para-hydroxylation sites is 1. The maximum absolute atomic E-state index is 13.3. The first-order chi connectivity index (χ1) is 16.8. The minimum Gasteiger partial charge on any atom is -0.487 e. The molecule has 6 heteroatoms. The second kappa shape index (κ2) is 8.86. The summed E-state index contributed by atoms with van der Waals surface area (Å²) in [7, 11) is 0. The molecule has 0 radical (unpaired) electrons. The molecule has 6 rings (SSSR count). The number of H-pyrrole nitrogens is 1. The van der Waals surface area contributed by atoms with E-state index in [1.165, 1.54) is 0 Å². The summed E-state index contributed by atoms with van der Waals surface area (Å²) in [6.45, 7) is 1.02. The van der Waals surface area contributed by atoms with Gasteiger partial charge in [0.1, 0.15) is 23.7 Å². The number of nitrogens with one attached hydrogen (secondary N) is 2. The highest BCUT2D eigenvalue weighted by Crippen LogP contribution is 2.50. The van der Waals surface area contributed by atoms with E-state index in [2.05, 4.69) is 22.4 Å². The highest BCUT2D eigenvalue weighted by molar-refractivity contribution is 5.82. The quantitative estimate of drug-likeness (QED) is 0.401. The van der Waals surface area contributed by atoms with Crippen LogP contribution < -0.4 is 10.1 Å². The summed E-state index contributed by atoms with van der Waals surface area (Å²) in [6, 6.07) is 26.4. The van der Waals surface area contributed by atoms with Crippen molar-refractivity contribution in [3.8, 4) is 5.75 Å². The fraction of sp³-hybridized carbons (Fsp3) is 0.286. The van der Waals surface area contributed by atoms with Crippen LogP contribution in [0.3, 0.4) is 0 Å². The summed E-state index contributed by atoms with van der Waals surface area (Å²) in [6.07, 6.45) is 3.23. The van der Waals surface area contributed by atoms with Gasteiger partial charge in [-0.1, -0.05) is 66.7 Å². The molecule has 34 heavy (non-hydrogen) atoms. The number of likely N-dealkylation sites (tertiary alicyclic amines) is 1. The molecule has 2 amide bonds. The molecule has 2 fully saturated rings. The second-order valence-corrected chi connectivity index (χ2v) is 9.27. The monoisotopic (exact) mass is 452 g/mol. The van der Waals surface area contributed by atoms with Gasteiger partial charge in [-0.25, -0.2) is 9.78 Å². The fourth-order valence-corrected chi connectivity index (χ4v) is 5.51. The molecule has 2 aliphatic rings. The number of aromatic amines is 1. The number of benzene rings is 3. The van der Waals surface area contributed by atoms with E-state index in [1.54, 1.807) is 0 Å². The number of nitrogens with zero attached hydrogens (tertiary/aromatic N) is 2. The van der Waals surface area contributed by atoms with E-state index >= 15 is 0 Å². The number of imidazole rings is 1. The van der Waals surface area contributed by atoms with Crippen LogP contribution in [-0.4, -0.2) is 26.9 Å². The number of carbonyl (C=O) groups is 1. The predicted molar refractivity (Wildman–Crippen MR) is 131 cm³/mol. The van der Waals surface area contributed by atoms with Gasteiger partial charge in [0.05, 0.1) is 11.6 Å². The smallest absolute Gasteiger partial charge is 0.318 e. The standard InChI is InChI=1S/C28H28N4O2/c33-28(29-17-19-8-3-1-4-9-19)32-22-15-14-21(16-22)26(32)27-30-23-12-7-13-24(25(23)31-27)34-18-20-10-5-2-6-11-20/h1-13,21-22,26H,14-18H2,(H,29,33)(H,30,31)/t21-,22+,26-/m0/s1. The Bertz CT molecular complexity index is 1290. The zero-order valence-corrected chi connectivity index (χ0v) is 19.0. The summed E-state index contributed by atoms with van der Waals surface area (Å²) >= 11 is 0. The Morgan fingerprint density at radius 2 is 1.74 bits per heavy atom. The molecule has 2 heterocycles. The van der Waals surface area contributed by atoms with Crippen molar-refractivity contribution in [1.82, 2.24) is 20.2 Å². The number of piperidine rings is 1. The lowest BCUT2D eigenvalue weighted by atomic mass is 9.98. The second-order valence-electron chi connectivity index (χ2n) is 9.27. The average molecular weight is 453 g/mol. The topological polar surface area (TPSA) is 70.2 Å². The number of aromatic nitrogens is 2. The first-order valence-corrected chi connectivity index (χ1v) is 12.0. The van der Waals surface area contributed by atoms with E-state index in [0.717, 1.165) is 53.0 Å². The molecule has 1 aliphatic carbocycles. The van der Waals surface area contributed by atoms with Crippen LogP contribution in [0.15, 0.2) is 78.9 Å². The summed E-state index contributed by atoms with van der Waals surface area (Å²) < 4.78 is 6.13. The molecule has 2 bridgehead atoms. The molecule has 1 saturated heterocycles. The van der Waals surface area contributed by atoms with Gasteiger partial charge in [-0.2, -0.15) is 0 Å². The Kier molecular flexibility index (Phi) is 5.41. The summed E-state index contributed by atoms with van der Waals surface area (Å²) in [5, 5.41) is 3.13. The van der Waals surface area contributed by atoms with Crippen molar-refractivity contribution < 1.29 is 9.53 Å². The van der Waals surface area contributed by atoms with Crippen LogP contribution in [0.5, 0.6) is 5.75 Å². The molecule has 4 aromatic rings. The number of rotatable bonds is 6. The Morgan fingerprint density at radius 3 is 2.53 bits per heavy atom. The van der Waals surface area contributed by atoms with Crippen LogP contribution in [0.1, 0.15) is 42.3 Å². The molecule has 3 atom stereocenters. The van der Waals surface area contributed by atoms with Crippen LogP contribution in [0.4, 0.5) is 4.79 Å². The summed E-state index contributed by atoms with van der Waals surface area (Å²) in [5.74, 6) is 2.04. The van der Waals surface area contributed by atoms with E-state index in [4.69, 9.17) is 9.72 Å². The van der Waals surface area contributed by atoms with Crippen molar-refractivity contribution >= 4 is 17.1 Å². The maximum atomic E-state index is 13.3. The van der Waals surface area contributed by atoms with Crippen LogP contribution in [0.25, 0.3) is 11.0 Å². The highest BCUT2D eigenvalue weighted by Gasteiger charge is 2.50. The van der Waals surface area contributed by atoms with Gasteiger partial charge in [0.25, 0.3) is 0 Å². The molecule has 3 aromatic carbocycles. The lowest BCUT2D eigenvalue weighted by Crippen LogP contribution is -2.46. The zero-order chi connectivity index (χ0) is 22.9. The van der Waals surface area contributed by atoms with E-state index in [1.807, 2.05) is 71.6 Å². The summed E-state index contributed by atoms with van der Waals surface area (Å²) in [4.78, 5) is 23.8. The van der Waals surface area contributed by atoms with Crippen LogP contribution in [-0.2, 0) is 13.2 Å². The van der Waals surface area contributed by atoms with E-state index in [0.29, 0.717) is 19.1 Å². The molecule has 1 saturated carbocycles. The van der Waals surface area contributed by atoms with Crippen molar-refractivity contribution in [2.45, 2.75) is 44.5 Å². The van der Waals surface area contributed by atoms with Gasteiger partial charge in [-0.15, -0.1) is 0 Å². The van der Waals surface area contributed by atoms with E-state index in [-0.39, 0.29) is 18.1 Å². The van der Waals surface area contributed by atoms with Gasteiger partial charge >= 0.3 is 6.03 Å². The van der Waals surface area contributed by atoms with Crippen molar-refractivity contribution in [1.29, 1.82) is 0 Å². The molecular formula is C28H28N4O2. The average Bonchev–Trinajstić information content (AvgIpc) is 3.62. The van der Waals surface area contributed by atoms with Crippen molar-refractivity contribution in [3.05, 3.63) is 95.8 Å². The lowest BCUT2D eigenvalue weighted by Gasteiger charge is -2.34. The first-order valence-electron chi connectivity index (χ1n) is 12.0. The predicted octanol–water partition coefficient (Wildman–Crippen LogP) is 5.58. The normalized spacial score (nSPS) is 21.2. The summed E-state index contributed by atoms with van der Waals surface area (Å²) in [5.41, 5.74) is 3.97. The molecular weight excluding hydrogens is 424 g/mol. The number of fused-ring (bicyclic) bond motifs is 3. The third-order valence-electron chi connectivity index (χ3n) is 7.12. The van der Waals surface area contributed by atoms with Crippen LogP contribution >= 0.6 is 0 Å². The Morgan fingerprint density at radius 1 is 0.971 bits per heavy atom. The SMILES string of the molecule is O=C(NCc1ccccc1)N1[C@@H]2CC[C@@H](C2)[C@H]1c1nc2c(OCc3ccccc3)cccc2[nH]1. The minimum absolute atomic E-state index is 0.0120. The zero-order valence-electron chi connectivity index (χ0n) is 19.0. The molecule has 1 aromatic heterocycles. The van der Waals surface area contributed by atoms with Gasteiger partial charge in [-0.05, 0) is 48.4 Å². The minimum atomic E-state index is -0.0381. The molecule has 2 N–H and O–H groups in total. The van der Waals surface area contributed by atoms with Crippen molar-refractivity contribution in [2.75, 3.05) is 0 Å². The van der Waals surface area contributed by atoms with E-state index in [9.17, 15) is 4.79 Å². The van der Waals surface area contributed by atoms with Gasteiger partial charge in [0.15, 0.2) is 0 Å². The molecule has 1 aliphatic heterocycles. The van der Waals surface area contributed by atoms with Crippen molar-refractivity contribution in [3.63, 3.8) is 0 Å². The van der Waals surface area contributed by atoms with Crippen LogP contribution in [0.2, 0.25) is 0 Å². The number of carbonyl (C=O) groups excluding carboxylic acids is 1. The highest BCUT2D eigenvalue weighted by atomic mass is 16.5. The largest absolute Gasteiger partial charge is 0.487 e. The lowest BCUT2D eigenvalue weighted by molar-refractivity contribution is 0.142.